The second kappa shape index (κ2) is 34.3. The molecule has 0 atom stereocenters. The smallest absolute Gasteiger partial charge is 0.0186 e. The van der Waals surface area contributed by atoms with Crippen LogP contribution < -0.4 is 0 Å². The third kappa shape index (κ3) is 25.7. The van der Waals surface area contributed by atoms with Crippen molar-refractivity contribution in [3.05, 3.63) is 121 Å². The first-order valence-electron chi connectivity index (χ1n) is 13.1. The SMILES string of the molecule is CC.CC.CC.CC.CSc1ccccc1.Sc1ccccc1.c1ccc(SSc2ccccc2)cc1. The first kappa shape index (κ1) is 39.8. The lowest BCUT2D eigenvalue weighted by Crippen LogP contribution is -1.67. The van der Waals surface area contributed by atoms with Gasteiger partial charge in [0.1, 0.15) is 0 Å². The lowest BCUT2D eigenvalue weighted by atomic mass is 10.4. The Balaban J connectivity index is -0.000000434. The van der Waals surface area contributed by atoms with Gasteiger partial charge < -0.3 is 0 Å². The van der Waals surface area contributed by atoms with Gasteiger partial charge in [0.25, 0.3) is 0 Å². The molecule has 0 nitrogen and oxygen atoms in total. The molecule has 0 aromatic heterocycles. The topological polar surface area (TPSA) is 0 Å². The maximum atomic E-state index is 4.08. The van der Waals surface area contributed by atoms with Gasteiger partial charge in [-0.25, -0.2) is 0 Å². The van der Waals surface area contributed by atoms with Crippen LogP contribution in [0.15, 0.2) is 141 Å². The molecule has 0 aliphatic rings. The molecule has 0 N–H and O–H groups in total. The quantitative estimate of drug-likeness (QED) is 0.147. The number of hydrogen-bond acceptors (Lipinski definition) is 4. The fourth-order valence-electron chi connectivity index (χ4n) is 2.03. The van der Waals surface area contributed by atoms with Gasteiger partial charge in [0.15, 0.2) is 0 Å². The van der Waals surface area contributed by atoms with Gasteiger partial charge in [-0.05, 0) is 54.8 Å². The molecule has 4 aromatic rings. The Kier molecular flexibility index (Phi) is 36.9. The Morgan fingerprint density at radius 3 is 0.811 bits per heavy atom. The Labute approximate surface area is 247 Å². The van der Waals surface area contributed by atoms with Crippen LogP contribution in [0.2, 0.25) is 0 Å². The lowest BCUT2D eigenvalue weighted by Gasteiger charge is -1.99. The van der Waals surface area contributed by atoms with E-state index in [0.717, 1.165) is 4.90 Å². The highest BCUT2D eigenvalue weighted by molar-refractivity contribution is 8.76. The van der Waals surface area contributed by atoms with E-state index in [-0.39, 0.29) is 0 Å². The van der Waals surface area contributed by atoms with E-state index in [9.17, 15) is 0 Å². The molecule has 0 saturated heterocycles. The summed E-state index contributed by atoms with van der Waals surface area (Å²) >= 11 is 5.85. The second-order valence-electron chi connectivity index (χ2n) is 5.65. The summed E-state index contributed by atoms with van der Waals surface area (Å²) in [6.07, 6.45) is 2.08. The molecule has 4 aromatic carbocycles. The predicted molar refractivity (Wildman–Crippen MR) is 182 cm³/mol. The Hall–Kier alpha value is -1.72. The van der Waals surface area contributed by atoms with Gasteiger partial charge in [0.05, 0.1) is 0 Å². The van der Waals surface area contributed by atoms with E-state index in [2.05, 4.69) is 79.5 Å². The molecule has 0 heterocycles. The first-order chi connectivity index (χ1) is 18.3. The molecule has 37 heavy (non-hydrogen) atoms. The third-order valence-corrected chi connectivity index (χ3v) is 6.91. The van der Waals surface area contributed by atoms with Crippen molar-refractivity contribution in [3.8, 4) is 0 Å². The fraction of sp³-hybridized carbons (Fsp3) is 0.273. The van der Waals surface area contributed by atoms with Gasteiger partial charge in [-0.1, -0.05) is 150 Å². The van der Waals surface area contributed by atoms with Gasteiger partial charge >= 0.3 is 0 Å². The van der Waals surface area contributed by atoms with E-state index in [1.54, 1.807) is 33.3 Å². The summed E-state index contributed by atoms with van der Waals surface area (Å²) in [5, 5.41) is 0. The van der Waals surface area contributed by atoms with Gasteiger partial charge in [-0.15, -0.1) is 24.4 Å². The van der Waals surface area contributed by atoms with Gasteiger partial charge in [-0.2, -0.15) is 0 Å². The number of hydrogen-bond donors (Lipinski definition) is 1. The van der Waals surface area contributed by atoms with Crippen LogP contribution in [0.5, 0.6) is 0 Å². The molecule has 0 bridgehead atoms. The molecule has 0 spiro atoms. The highest BCUT2D eigenvalue weighted by Crippen LogP contribution is 2.36. The minimum atomic E-state index is 1.02. The van der Waals surface area contributed by atoms with E-state index in [1.165, 1.54) is 14.7 Å². The van der Waals surface area contributed by atoms with Crippen LogP contribution in [0.25, 0.3) is 0 Å². The standard InChI is InChI=1S/C12H10S2.C7H8S.C6H6S.4C2H6/c1-3-7-11(8-4-1)13-14-12-9-5-2-6-10-12;1-8-7-5-3-2-4-6-7;7-6-4-2-1-3-5-6;4*1-2/h1-10H;2-6H,1H3;1-5,7H;4*1-2H3. The van der Waals surface area contributed by atoms with Crippen LogP contribution in [0.4, 0.5) is 0 Å². The summed E-state index contributed by atoms with van der Waals surface area (Å²) in [7, 11) is 3.58. The summed E-state index contributed by atoms with van der Waals surface area (Å²) in [5.41, 5.74) is 0. The van der Waals surface area contributed by atoms with E-state index < -0.39 is 0 Å². The monoisotopic (exact) mass is 572 g/mol. The van der Waals surface area contributed by atoms with Crippen molar-refractivity contribution >= 4 is 46.0 Å². The zero-order valence-electron chi connectivity index (χ0n) is 24.2. The molecule has 0 fully saturated rings. The van der Waals surface area contributed by atoms with Crippen molar-refractivity contribution in [2.24, 2.45) is 0 Å². The predicted octanol–water partition coefficient (Wildman–Crippen LogP) is 13.0. The molecule has 4 rings (SSSR count). The molecule has 0 unspecified atom stereocenters. The van der Waals surface area contributed by atoms with Crippen molar-refractivity contribution in [1.29, 1.82) is 0 Å². The molecular formula is C33H48S4. The van der Waals surface area contributed by atoms with E-state index in [0.29, 0.717) is 0 Å². The van der Waals surface area contributed by atoms with Crippen LogP contribution in [0.1, 0.15) is 55.4 Å². The molecule has 4 heteroatoms. The fourth-order valence-corrected chi connectivity index (χ4v) is 4.61. The zero-order valence-corrected chi connectivity index (χ0v) is 27.6. The van der Waals surface area contributed by atoms with Crippen molar-refractivity contribution in [3.63, 3.8) is 0 Å². The van der Waals surface area contributed by atoms with Crippen LogP contribution in [-0.4, -0.2) is 6.26 Å². The normalized spacial score (nSPS) is 8.05. The van der Waals surface area contributed by atoms with Crippen molar-refractivity contribution in [1.82, 2.24) is 0 Å². The molecule has 0 radical (unpaired) electrons. The largest absolute Gasteiger partial charge is 0.143 e. The third-order valence-electron chi connectivity index (χ3n) is 3.46. The Morgan fingerprint density at radius 1 is 0.378 bits per heavy atom. The average Bonchev–Trinajstić information content (AvgIpc) is 3.03. The summed E-state index contributed by atoms with van der Waals surface area (Å²) in [6.45, 7) is 16.0. The molecule has 0 aliphatic heterocycles. The Morgan fingerprint density at radius 2 is 0.622 bits per heavy atom. The van der Waals surface area contributed by atoms with E-state index in [4.69, 9.17) is 0 Å². The molecular weight excluding hydrogens is 525 g/mol. The molecule has 0 amide bonds. The van der Waals surface area contributed by atoms with Crippen LogP contribution in [0.3, 0.4) is 0 Å². The number of benzene rings is 4. The van der Waals surface area contributed by atoms with Crippen LogP contribution in [0, 0.1) is 0 Å². The van der Waals surface area contributed by atoms with Crippen molar-refractivity contribution < 1.29 is 0 Å². The maximum Gasteiger partial charge on any atom is 0.0186 e. The first-order valence-corrected chi connectivity index (χ1v) is 16.9. The van der Waals surface area contributed by atoms with E-state index >= 15 is 0 Å². The van der Waals surface area contributed by atoms with Crippen molar-refractivity contribution in [2.45, 2.75) is 75.0 Å². The Bertz CT molecular complexity index is 845. The van der Waals surface area contributed by atoms with Gasteiger partial charge in [-0.3, -0.25) is 0 Å². The molecule has 204 valence electrons. The summed E-state index contributed by atoms with van der Waals surface area (Å²) < 4.78 is 0. The molecule has 0 saturated carbocycles. The van der Waals surface area contributed by atoms with Gasteiger partial charge in [0.2, 0.25) is 0 Å². The minimum absolute atomic E-state index is 1.02. The zero-order chi connectivity index (χ0) is 28.6. The van der Waals surface area contributed by atoms with Crippen LogP contribution in [-0.2, 0) is 0 Å². The summed E-state index contributed by atoms with van der Waals surface area (Å²) in [5.74, 6) is 0. The lowest BCUT2D eigenvalue weighted by molar-refractivity contribution is 1.47. The summed E-state index contributed by atoms with van der Waals surface area (Å²) in [4.78, 5) is 4.93. The maximum absolute atomic E-state index is 4.08. The highest BCUT2D eigenvalue weighted by atomic mass is 33.1. The second-order valence-corrected chi connectivity index (χ2v) is 9.32. The number of thioether (sulfide) groups is 1. The summed E-state index contributed by atoms with van der Waals surface area (Å²) in [6, 6.07) is 40.9. The number of thiol groups is 1. The van der Waals surface area contributed by atoms with Crippen molar-refractivity contribution in [2.75, 3.05) is 6.26 Å². The number of rotatable bonds is 4. The highest BCUT2D eigenvalue weighted by Gasteiger charge is 1.94. The van der Waals surface area contributed by atoms with Gasteiger partial charge in [0, 0.05) is 19.6 Å². The minimum Gasteiger partial charge on any atom is -0.143 e. The average molecular weight is 573 g/mol. The van der Waals surface area contributed by atoms with E-state index in [1.807, 2.05) is 116 Å². The van der Waals surface area contributed by atoms with Crippen LogP contribution >= 0.6 is 46.0 Å². The molecule has 0 aliphatic carbocycles.